The Morgan fingerprint density at radius 1 is 1.14 bits per heavy atom. The third kappa shape index (κ3) is 5.54. The van der Waals surface area contributed by atoms with Crippen LogP contribution in [0.5, 0.6) is 5.75 Å². The van der Waals surface area contributed by atoms with Crippen molar-refractivity contribution < 1.29 is 14.1 Å². The third-order valence-electron chi connectivity index (χ3n) is 4.33. The molecule has 0 aliphatic rings. The van der Waals surface area contributed by atoms with Gasteiger partial charge < -0.3 is 14.2 Å². The quantitative estimate of drug-likeness (QED) is 0.537. The monoisotopic (exact) mass is 391 g/mol. The van der Waals surface area contributed by atoms with E-state index in [4.69, 9.17) is 9.26 Å². The molecule has 0 saturated carbocycles. The van der Waals surface area contributed by atoms with E-state index in [0.29, 0.717) is 24.0 Å². The lowest BCUT2D eigenvalue weighted by molar-refractivity contribution is -0.133. The van der Waals surface area contributed by atoms with Gasteiger partial charge in [0, 0.05) is 12.1 Å². The van der Waals surface area contributed by atoms with E-state index in [1.165, 1.54) is 0 Å². The number of aromatic nitrogens is 2. The van der Waals surface area contributed by atoms with E-state index >= 15 is 0 Å². The first-order valence-electron chi connectivity index (χ1n) is 9.44. The molecule has 6 heteroatoms. The molecule has 0 spiro atoms. The molecular weight excluding hydrogens is 366 g/mol. The number of rotatable bonds is 8. The van der Waals surface area contributed by atoms with Gasteiger partial charge in [0.25, 0.3) is 5.91 Å². The van der Waals surface area contributed by atoms with Crippen LogP contribution in [0.15, 0.2) is 59.6 Å². The zero-order valence-electron chi connectivity index (χ0n) is 17.0. The molecule has 3 rings (SSSR count). The van der Waals surface area contributed by atoms with Gasteiger partial charge in [-0.3, -0.25) is 4.79 Å². The van der Waals surface area contributed by atoms with Gasteiger partial charge in [0.1, 0.15) is 12.3 Å². The van der Waals surface area contributed by atoms with E-state index in [1.54, 1.807) is 11.0 Å². The predicted octanol–water partition coefficient (Wildman–Crippen LogP) is 4.26. The number of hydrogen-bond donors (Lipinski definition) is 0. The Bertz CT molecular complexity index is 990. The summed E-state index contributed by atoms with van der Waals surface area (Å²) in [6.45, 7) is 10.2. The number of ether oxygens (including phenoxy) is 1. The Morgan fingerprint density at radius 3 is 2.59 bits per heavy atom. The van der Waals surface area contributed by atoms with Crippen molar-refractivity contribution in [3.05, 3.63) is 77.7 Å². The Kier molecular flexibility index (Phi) is 6.44. The van der Waals surface area contributed by atoms with Crippen LogP contribution in [0.4, 0.5) is 0 Å². The van der Waals surface area contributed by atoms with Crippen LogP contribution in [0, 0.1) is 20.8 Å². The summed E-state index contributed by atoms with van der Waals surface area (Å²) < 4.78 is 11.0. The second-order valence-corrected chi connectivity index (χ2v) is 7.06. The van der Waals surface area contributed by atoms with Gasteiger partial charge in [-0.1, -0.05) is 41.1 Å². The van der Waals surface area contributed by atoms with Gasteiger partial charge in [0.15, 0.2) is 6.61 Å². The van der Waals surface area contributed by atoms with Gasteiger partial charge in [-0.2, -0.15) is 4.98 Å². The van der Waals surface area contributed by atoms with Crippen LogP contribution in [0.25, 0.3) is 11.4 Å². The summed E-state index contributed by atoms with van der Waals surface area (Å²) in [7, 11) is 0. The molecule has 1 heterocycles. The number of carbonyl (C=O) groups excluding carboxylic acids is 1. The van der Waals surface area contributed by atoms with Crippen molar-refractivity contribution >= 4 is 5.91 Å². The number of aryl methyl sites for hydroxylation is 3. The van der Waals surface area contributed by atoms with Crippen LogP contribution in [0.2, 0.25) is 0 Å². The van der Waals surface area contributed by atoms with Crippen molar-refractivity contribution in [3.8, 4) is 17.1 Å². The largest absolute Gasteiger partial charge is 0.484 e. The maximum Gasteiger partial charge on any atom is 0.261 e. The molecule has 2 aromatic carbocycles. The standard InChI is InChI=1S/C23H25N3O3/c1-5-9-26(22(27)15-28-20-12-17(3)10-18(4)13-20)14-21-24-23(25-29-21)19-8-6-7-16(2)11-19/h5-8,10-13H,1,9,14-15H2,2-4H3. The minimum absolute atomic E-state index is 0.0738. The Morgan fingerprint density at radius 2 is 1.90 bits per heavy atom. The molecule has 0 fully saturated rings. The Balaban J connectivity index is 1.66. The SMILES string of the molecule is C=CCN(Cc1nc(-c2cccc(C)c2)no1)C(=O)COc1cc(C)cc(C)c1. The van der Waals surface area contributed by atoms with E-state index in [-0.39, 0.29) is 19.1 Å². The van der Waals surface area contributed by atoms with Crippen molar-refractivity contribution in [1.82, 2.24) is 15.0 Å². The number of hydrogen-bond acceptors (Lipinski definition) is 5. The first kappa shape index (κ1) is 20.3. The fourth-order valence-electron chi connectivity index (χ4n) is 3.05. The van der Waals surface area contributed by atoms with Crippen LogP contribution in [0.1, 0.15) is 22.6 Å². The smallest absolute Gasteiger partial charge is 0.261 e. The molecule has 1 aromatic heterocycles. The number of nitrogens with zero attached hydrogens (tertiary/aromatic N) is 3. The summed E-state index contributed by atoms with van der Waals surface area (Å²) in [6, 6.07) is 13.7. The van der Waals surface area contributed by atoms with Crippen molar-refractivity contribution in [1.29, 1.82) is 0 Å². The highest BCUT2D eigenvalue weighted by Gasteiger charge is 2.18. The van der Waals surface area contributed by atoms with Crippen molar-refractivity contribution in [2.45, 2.75) is 27.3 Å². The number of amides is 1. The maximum absolute atomic E-state index is 12.7. The molecule has 0 atom stereocenters. The lowest BCUT2D eigenvalue weighted by atomic mass is 10.1. The molecule has 0 aliphatic heterocycles. The second-order valence-electron chi connectivity index (χ2n) is 7.06. The number of carbonyl (C=O) groups is 1. The van der Waals surface area contributed by atoms with Gasteiger partial charge in [-0.15, -0.1) is 6.58 Å². The molecule has 0 aliphatic carbocycles. The number of benzene rings is 2. The predicted molar refractivity (Wildman–Crippen MR) is 111 cm³/mol. The van der Waals surface area contributed by atoms with Gasteiger partial charge in [0.2, 0.25) is 11.7 Å². The molecule has 0 saturated heterocycles. The van der Waals surface area contributed by atoms with Crippen LogP contribution < -0.4 is 4.74 Å². The van der Waals surface area contributed by atoms with Crippen molar-refractivity contribution in [3.63, 3.8) is 0 Å². The van der Waals surface area contributed by atoms with Crippen LogP contribution in [-0.4, -0.2) is 34.1 Å². The molecule has 0 N–H and O–H groups in total. The molecule has 0 radical (unpaired) electrons. The van der Waals surface area contributed by atoms with E-state index in [2.05, 4.69) is 22.8 Å². The summed E-state index contributed by atoms with van der Waals surface area (Å²) in [5.41, 5.74) is 4.16. The fourth-order valence-corrected chi connectivity index (χ4v) is 3.05. The lowest BCUT2D eigenvalue weighted by Crippen LogP contribution is -2.34. The summed E-state index contributed by atoms with van der Waals surface area (Å²) in [6.07, 6.45) is 1.66. The lowest BCUT2D eigenvalue weighted by Gasteiger charge is -2.19. The average Bonchev–Trinajstić information content (AvgIpc) is 3.14. The minimum atomic E-state index is -0.181. The summed E-state index contributed by atoms with van der Waals surface area (Å²) in [5.74, 6) is 1.36. The van der Waals surface area contributed by atoms with Crippen molar-refractivity contribution in [2.24, 2.45) is 0 Å². The highest BCUT2D eigenvalue weighted by Crippen LogP contribution is 2.18. The fraction of sp³-hybridized carbons (Fsp3) is 0.261. The van der Waals surface area contributed by atoms with Gasteiger partial charge in [-0.05, 0) is 50.1 Å². The normalized spacial score (nSPS) is 10.6. The summed E-state index contributed by atoms with van der Waals surface area (Å²) in [5, 5.41) is 4.03. The van der Waals surface area contributed by atoms with E-state index in [9.17, 15) is 4.79 Å². The highest BCUT2D eigenvalue weighted by molar-refractivity contribution is 5.77. The first-order chi connectivity index (χ1) is 13.9. The van der Waals surface area contributed by atoms with Crippen LogP contribution in [0.3, 0.4) is 0 Å². The van der Waals surface area contributed by atoms with E-state index in [1.807, 2.05) is 57.2 Å². The molecule has 29 heavy (non-hydrogen) atoms. The zero-order chi connectivity index (χ0) is 20.8. The molecular formula is C23H25N3O3. The topological polar surface area (TPSA) is 68.5 Å². The van der Waals surface area contributed by atoms with E-state index < -0.39 is 0 Å². The average molecular weight is 391 g/mol. The molecule has 1 amide bonds. The molecule has 3 aromatic rings. The molecule has 0 bridgehead atoms. The Hall–Kier alpha value is -3.41. The summed E-state index contributed by atoms with van der Waals surface area (Å²) in [4.78, 5) is 18.7. The molecule has 6 nitrogen and oxygen atoms in total. The third-order valence-corrected chi connectivity index (χ3v) is 4.33. The van der Waals surface area contributed by atoms with Gasteiger partial charge in [0.05, 0.1) is 0 Å². The second kappa shape index (κ2) is 9.19. The maximum atomic E-state index is 12.7. The zero-order valence-corrected chi connectivity index (χ0v) is 17.0. The Labute approximate surface area is 170 Å². The van der Waals surface area contributed by atoms with Crippen molar-refractivity contribution in [2.75, 3.05) is 13.2 Å². The van der Waals surface area contributed by atoms with E-state index in [0.717, 1.165) is 22.3 Å². The van der Waals surface area contributed by atoms with Crippen LogP contribution >= 0.6 is 0 Å². The molecule has 150 valence electrons. The molecule has 0 unspecified atom stereocenters. The van der Waals surface area contributed by atoms with Gasteiger partial charge >= 0.3 is 0 Å². The van der Waals surface area contributed by atoms with Gasteiger partial charge in [-0.25, -0.2) is 0 Å². The highest BCUT2D eigenvalue weighted by atomic mass is 16.5. The first-order valence-corrected chi connectivity index (χ1v) is 9.44. The summed E-state index contributed by atoms with van der Waals surface area (Å²) >= 11 is 0. The minimum Gasteiger partial charge on any atom is -0.484 e. The van der Waals surface area contributed by atoms with Crippen LogP contribution in [-0.2, 0) is 11.3 Å².